The highest BCUT2D eigenvalue weighted by atomic mass is 32.1. The van der Waals surface area contributed by atoms with Gasteiger partial charge < -0.3 is 4.90 Å². The number of rotatable bonds is 4. The van der Waals surface area contributed by atoms with Crippen molar-refractivity contribution in [1.29, 1.82) is 0 Å². The highest BCUT2D eigenvalue weighted by molar-refractivity contribution is 7.18. The van der Waals surface area contributed by atoms with Crippen LogP contribution in [0.15, 0.2) is 41.2 Å². The van der Waals surface area contributed by atoms with E-state index in [0.717, 1.165) is 15.3 Å². The van der Waals surface area contributed by atoms with Crippen molar-refractivity contribution in [2.24, 2.45) is 0 Å². The highest BCUT2D eigenvalue weighted by Gasteiger charge is 2.16. The molecule has 0 N–H and O–H groups in total. The molecule has 1 amide bonds. The molecule has 0 aliphatic carbocycles. The molecule has 0 aliphatic heterocycles. The molecule has 6 heteroatoms. The molecule has 3 aromatic rings. The van der Waals surface area contributed by atoms with Crippen molar-refractivity contribution < 1.29 is 4.79 Å². The molecule has 0 fully saturated rings. The molecule has 124 valence electrons. The van der Waals surface area contributed by atoms with Crippen LogP contribution in [0, 0.1) is 13.8 Å². The van der Waals surface area contributed by atoms with Gasteiger partial charge in [0.2, 0.25) is 5.91 Å². The van der Waals surface area contributed by atoms with Crippen molar-refractivity contribution in [1.82, 2.24) is 14.5 Å². The summed E-state index contributed by atoms with van der Waals surface area (Å²) >= 11 is 1.50. The topological polar surface area (TPSA) is 55.2 Å². The Balaban J connectivity index is 1.84. The van der Waals surface area contributed by atoms with Crippen molar-refractivity contribution >= 4 is 27.5 Å². The van der Waals surface area contributed by atoms with E-state index in [1.807, 2.05) is 43.3 Å². The molecule has 3 rings (SSSR count). The largest absolute Gasteiger partial charge is 0.340 e. The fourth-order valence-electron chi connectivity index (χ4n) is 2.63. The predicted molar refractivity (Wildman–Crippen MR) is 96.3 cm³/mol. The molecule has 0 saturated carbocycles. The first-order valence-corrected chi connectivity index (χ1v) is 8.53. The summed E-state index contributed by atoms with van der Waals surface area (Å²) in [6, 6.07) is 11.6. The van der Waals surface area contributed by atoms with Crippen molar-refractivity contribution in [3.05, 3.63) is 63.0 Å². The van der Waals surface area contributed by atoms with Crippen LogP contribution < -0.4 is 5.56 Å². The molecule has 24 heavy (non-hydrogen) atoms. The van der Waals surface area contributed by atoms with Crippen LogP contribution in [-0.2, 0) is 17.9 Å². The monoisotopic (exact) mass is 341 g/mol. The van der Waals surface area contributed by atoms with Crippen LogP contribution in [-0.4, -0.2) is 27.4 Å². The summed E-state index contributed by atoms with van der Waals surface area (Å²) in [7, 11) is 1.75. The average molecular weight is 341 g/mol. The lowest BCUT2D eigenvalue weighted by atomic mass is 10.2. The van der Waals surface area contributed by atoms with Gasteiger partial charge in [0.15, 0.2) is 0 Å². The Morgan fingerprint density at radius 3 is 2.67 bits per heavy atom. The van der Waals surface area contributed by atoms with Crippen molar-refractivity contribution in [3.8, 4) is 0 Å². The smallest absolute Gasteiger partial charge is 0.262 e. The van der Waals surface area contributed by atoms with Gasteiger partial charge in [-0.1, -0.05) is 30.3 Å². The van der Waals surface area contributed by atoms with E-state index in [1.54, 1.807) is 18.9 Å². The third-order valence-corrected chi connectivity index (χ3v) is 4.89. The summed E-state index contributed by atoms with van der Waals surface area (Å²) in [4.78, 5) is 33.0. The number of carbonyl (C=O) groups is 1. The van der Waals surface area contributed by atoms with Gasteiger partial charge in [-0.15, -0.1) is 11.3 Å². The number of fused-ring (bicyclic) bond motifs is 1. The number of amides is 1. The number of aromatic nitrogens is 2. The number of hydrogen-bond acceptors (Lipinski definition) is 4. The molecule has 0 bridgehead atoms. The van der Waals surface area contributed by atoms with Crippen LogP contribution in [0.1, 0.15) is 16.3 Å². The summed E-state index contributed by atoms with van der Waals surface area (Å²) in [5.74, 6) is 0.452. The Hall–Kier alpha value is -2.47. The van der Waals surface area contributed by atoms with Crippen LogP contribution in [0.25, 0.3) is 10.2 Å². The first-order valence-electron chi connectivity index (χ1n) is 7.71. The molecule has 1 aromatic carbocycles. The van der Waals surface area contributed by atoms with Gasteiger partial charge >= 0.3 is 0 Å². The molecule has 5 nitrogen and oxygen atoms in total. The maximum absolute atomic E-state index is 12.6. The second-order valence-electron chi connectivity index (χ2n) is 5.86. The van der Waals surface area contributed by atoms with E-state index in [1.165, 1.54) is 15.9 Å². The number of carbonyl (C=O) groups excluding carboxylic acids is 1. The lowest BCUT2D eigenvalue weighted by molar-refractivity contribution is -0.131. The summed E-state index contributed by atoms with van der Waals surface area (Å²) in [6.07, 6.45) is 0. The van der Waals surface area contributed by atoms with Crippen LogP contribution in [0.5, 0.6) is 0 Å². The van der Waals surface area contributed by atoms with Gasteiger partial charge in [0.1, 0.15) is 17.2 Å². The molecule has 0 aliphatic rings. The summed E-state index contributed by atoms with van der Waals surface area (Å²) in [5.41, 5.74) is 0.905. The SMILES string of the molecule is Cc1cc2c(=O)n(CC(=O)N(C)Cc3ccccc3)c(C)nc2s1. The van der Waals surface area contributed by atoms with Gasteiger partial charge in [0, 0.05) is 18.5 Å². The van der Waals surface area contributed by atoms with E-state index >= 15 is 0 Å². The van der Waals surface area contributed by atoms with E-state index in [2.05, 4.69) is 4.98 Å². The Morgan fingerprint density at radius 1 is 1.25 bits per heavy atom. The quantitative estimate of drug-likeness (QED) is 0.733. The number of thiophene rings is 1. The Labute approximate surface area is 144 Å². The van der Waals surface area contributed by atoms with E-state index in [9.17, 15) is 9.59 Å². The third kappa shape index (κ3) is 3.23. The molecule has 2 heterocycles. The Kier molecular flexibility index (Phi) is 4.49. The van der Waals surface area contributed by atoms with E-state index in [4.69, 9.17) is 0 Å². The maximum atomic E-state index is 12.6. The van der Waals surface area contributed by atoms with E-state index < -0.39 is 0 Å². The molecule has 0 radical (unpaired) electrons. The second kappa shape index (κ2) is 6.57. The minimum Gasteiger partial charge on any atom is -0.340 e. The molecular weight excluding hydrogens is 322 g/mol. The predicted octanol–water partition coefficient (Wildman–Crippen LogP) is 2.73. The van der Waals surface area contributed by atoms with Gasteiger partial charge in [-0.25, -0.2) is 4.98 Å². The summed E-state index contributed by atoms with van der Waals surface area (Å²) in [6.45, 7) is 4.23. The highest BCUT2D eigenvalue weighted by Crippen LogP contribution is 2.20. The van der Waals surface area contributed by atoms with Crippen LogP contribution in [0.4, 0.5) is 0 Å². The molecule has 0 atom stereocenters. The lowest BCUT2D eigenvalue weighted by Gasteiger charge is -2.18. The number of benzene rings is 1. The molecular formula is C18H19N3O2S. The zero-order chi connectivity index (χ0) is 17.3. The first-order chi connectivity index (χ1) is 11.5. The first kappa shape index (κ1) is 16.4. The fraction of sp³-hybridized carbons (Fsp3) is 0.278. The summed E-state index contributed by atoms with van der Waals surface area (Å²) in [5, 5.41) is 0.585. The lowest BCUT2D eigenvalue weighted by Crippen LogP contribution is -2.34. The van der Waals surface area contributed by atoms with Crippen molar-refractivity contribution in [2.75, 3.05) is 7.05 Å². The standard InChI is InChI=1S/C18H19N3O2S/c1-12-9-15-17(24-12)19-13(2)21(18(15)23)11-16(22)20(3)10-14-7-5-4-6-8-14/h4-9H,10-11H2,1-3H3. The van der Waals surface area contributed by atoms with E-state index in [-0.39, 0.29) is 18.0 Å². The van der Waals surface area contributed by atoms with Gasteiger partial charge in [0.05, 0.1) is 5.39 Å². The van der Waals surface area contributed by atoms with Crippen LogP contribution in [0.2, 0.25) is 0 Å². The minimum atomic E-state index is -0.150. The fourth-order valence-corrected chi connectivity index (χ4v) is 3.54. The Bertz CT molecular complexity index is 944. The zero-order valence-electron chi connectivity index (χ0n) is 13.9. The maximum Gasteiger partial charge on any atom is 0.262 e. The van der Waals surface area contributed by atoms with E-state index in [0.29, 0.717) is 17.8 Å². The van der Waals surface area contributed by atoms with Crippen LogP contribution in [0.3, 0.4) is 0 Å². The molecule has 0 saturated heterocycles. The number of hydrogen-bond donors (Lipinski definition) is 0. The minimum absolute atomic E-state index is 0.00579. The second-order valence-corrected chi connectivity index (χ2v) is 7.10. The normalized spacial score (nSPS) is 11.0. The molecule has 0 unspecified atom stereocenters. The molecule has 2 aromatic heterocycles. The van der Waals surface area contributed by atoms with Gasteiger partial charge in [-0.2, -0.15) is 0 Å². The van der Waals surface area contributed by atoms with Crippen molar-refractivity contribution in [3.63, 3.8) is 0 Å². The number of aryl methyl sites for hydroxylation is 2. The van der Waals surface area contributed by atoms with Crippen molar-refractivity contribution in [2.45, 2.75) is 26.9 Å². The number of likely N-dealkylation sites (N-methyl/N-ethyl adjacent to an activating group) is 1. The van der Waals surface area contributed by atoms with Gasteiger partial charge in [0.25, 0.3) is 5.56 Å². The summed E-state index contributed by atoms with van der Waals surface area (Å²) < 4.78 is 1.46. The zero-order valence-corrected chi connectivity index (χ0v) is 14.8. The molecule has 0 spiro atoms. The van der Waals surface area contributed by atoms with Gasteiger partial charge in [-0.3, -0.25) is 14.2 Å². The van der Waals surface area contributed by atoms with Crippen LogP contribution >= 0.6 is 11.3 Å². The average Bonchev–Trinajstić information content (AvgIpc) is 2.92. The Morgan fingerprint density at radius 2 is 1.96 bits per heavy atom. The number of nitrogens with zero attached hydrogens (tertiary/aromatic N) is 3. The van der Waals surface area contributed by atoms with Gasteiger partial charge in [-0.05, 0) is 25.5 Å². The third-order valence-electron chi connectivity index (χ3n) is 3.95.